The topological polar surface area (TPSA) is 29.3 Å². The van der Waals surface area contributed by atoms with Crippen LogP contribution in [-0.4, -0.2) is 12.6 Å². The van der Waals surface area contributed by atoms with Crippen LogP contribution in [-0.2, 0) is 0 Å². The minimum absolute atomic E-state index is 0.0935. The average molecular weight is 311 g/mol. The van der Waals surface area contributed by atoms with Crippen LogP contribution in [0.2, 0.25) is 0 Å². The first-order chi connectivity index (χ1) is 8.63. The quantitative estimate of drug-likeness (QED) is 0.851. The Balaban J connectivity index is 2.29. The molecular weight excluding hydrogens is 288 g/mol. The van der Waals surface area contributed by atoms with Crippen LogP contribution in [0.5, 0.6) is 0 Å². The molecule has 0 amide bonds. The van der Waals surface area contributed by atoms with Crippen molar-refractivity contribution in [3.8, 4) is 0 Å². The van der Waals surface area contributed by atoms with E-state index in [2.05, 4.69) is 52.9 Å². The molecule has 0 heterocycles. The van der Waals surface area contributed by atoms with Crippen molar-refractivity contribution in [1.29, 1.82) is 0 Å². The molecule has 0 saturated heterocycles. The van der Waals surface area contributed by atoms with Crippen LogP contribution in [0.25, 0.3) is 0 Å². The second-order valence-electron chi connectivity index (χ2n) is 5.27. The highest BCUT2D eigenvalue weighted by molar-refractivity contribution is 9.10. The first kappa shape index (κ1) is 13.9. The fourth-order valence-corrected chi connectivity index (χ4v) is 2.71. The monoisotopic (exact) mass is 310 g/mol. The van der Waals surface area contributed by atoms with Crippen molar-refractivity contribution in [2.24, 2.45) is 5.73 Å². The molecular formula is C15H23BrN2. The predicted octanol–water partition coefficient (Wildman–Crippen LogP) is 4.24. The number of unbranched alkanes of at least 4 members (excludes halogenated alkanes) is 1. The third-order valence-electron chi connectivity index (χ3n) is 3.53. The van der Waals surface area contributed by atoms with Gasteiger partial charge in [0.2, 0.25) is 0 Å². The number of anilines is 1. The second-order valence-corrected chi connectivity index (χ2v) is 6.19. The number of hydrogen-bond donors (Lipinski definition) is 1. The van der Waals surface area contributed by atoms with Gasteiger partial charge in [-0.15, -0.1) is 0 Å². The maximum absolute atomic E-state index is 6.11. The Bertz CT molecular complexity index is 399. The molecule has 18 heavy (non-hydrogen) atoms. The lowest BCUT2D eigenvalue weighted by Crippen LogP contribution is -2.28. The first-order valence-corrected chi connectivity index (χ1v) is 7.74. The van der Waals surface area contributed by atoms with Crippen LogP contribution in [0.3, 0.4) is 0 Å². The number of rotatable bonds is 6. The number of benzene rings is 1. The molecule has 2 rings (SSSR count). The largest absolute Gasteiger partial charge is 0.368 e. The van der Waals surface area contributed by atoms with Crippen molar-refractivity contribution in [3.05, 3.63) is 28.2 Å². The molecule has 0 bridgehead atoms. The van der Waals surface area contributed by atoms with Gasteiger partial charge < -0.3 is 10.6 Å². The van der Waals surface area contributed by atoms with Crippen molar-refractivity contribution < 1.29 is 0 Å². The third-order valence-corrected chi connectivity index (χ3v) is 4.03. The summed E-state index contributed by atoms with van der Waals surface area (Å²) < 4.78 is 1.14. The van der Waals surface area contributed by atoms with Crippen molar-refractivity contribution in [2.75, 3.05) is 11.4 Å². The van der Waals surface area contributed by atoms with E-state index in [1.165, 1.54) is 36.9 Å². The lowest BCUT2D eigenvalue weighted by molar-refractivity contribution is 0.702. The lowest BCUT2D eigenvalue weighted by atomic mass is 10.1. The van der Waals surface area contributed by atoms with E-state index in [1.807, 2.05) is 0 Å². The van der Waals surface area contributed by atoms with Crippen molar-refractivity contribution in [2.45, 2.75) is 51.6 Å². The van der Waals surface area contributed by atoms with Crippen LogP contribution >= 0.6 is 15.9 Å². The van der Waals surface area contributed by atoms with Crippen LogP contribution in [0, 0.1) is 0 Å². The summed E-state index contributed by atoms with van der Waals surface area (Å²) in [7, 11) is 0. The van der Waals surface area contributed by atoms with E-state index in [-0.39, 0.29) is 6.04 Å². The zero-order valence-corrected chi connectivity index (χ0v) is 12.9. The summed E-state index contributed by atoms with van der Waals surface area (Å²) in [5.41, 5.74) is 8.70. The van der Waals surface area contributed by atoms with Crippen molar-refractivity contribution in [1.82, 2.24) is 0 Å². The molecule has 1 aliphatic rings. The Kier molecular flexibility index (Phi) is 4.68. The minimum atomic E-state index is 0.0935. The molecule has 1 aromatic carbocycles. The van der Waals surface area contributed by atoms with Gasteiger partial charge >= 0.3 is 0 Å². The maximum Gasteiger partial charge on any atom is 0.0428 e. The average Bonchev–Trinajstić information content (AvgIpc) is 3.13. The molecule has 0 radical (unpaired) electrons. The molecule has 0 aromatic heterocycles. The van der Waals surface area contributed by atoms with E-state index >= 15 is 0 Å². The van der Waals surface area contributed by atoms with E-state index in [0.717, 1.165) is 17.1 Å². The minimum Gasteiger partial charge on any atom is -0.368 e. The van der Waals surface area contributed by atoms with Crippen LogP contribution in [0.4, 0.5) is 5.69 Å². The maximum atomic E-state index is 6.11. The summed E-state index contributed by atoms with van der Waals surface area (Å²) in [6.07, 6.45) is 5.15. The van der Waals surface area contributed by atoms with Gasteiger partial charge in [-0.2, -0.15) is 0 Å². The van der Waals surface area contributed by atoms with Gasteiger partial charge in [-0.3, -0.25) is 0 Å². The first-order valence-electron chi connectivity index (χ1n) is 6.95. The SMILES string of the molecule is CCCCN(c1cc(Br)ccc1C(C)N)C1CC1. The molecule has 100 valence electrons. The third kappa shape index (κ3) is 3.27. The molecule has 1 fully saturated rings. The summed E-state index contributed by atoms with van der Waals surface area (Å²) in [5.74, 6) is 0. The van der Waals surface area contributed by atoms with Gasteiger partial charge in [0.1, 0.15) is 0 Å². The molecule has 1 unspecified atom stereocenters. The molecule has 1 atom stereocenters. The number of nitrogens with two attached hydrogens (primary N) is 1. The van der Waals surface area contributed by atoms with Crippen molar-refractivity contribution in [3.63, 3.8) is 0 Å². The van der Waals surface area contributed by atoms with Gasteiger partial charge in [-0.1, -0.05) is 35.3 Å². The predicted molar refractivity (Wildman–Crippen MR) is 82.0 cm³/mol. The highest BCUT2D eigenvalue weighted by Gasteiger charge is 2.30. The van der Waals surface area contributed by atoms with E-state index in [4.69, 9.17) is 5.73 Å². The number of hydrogen-bond acceptors (Lipinski definition) is 2. The zero-order chi connectivity index (χ0) is 13.1. The summed E-state index contributed by atoms with van der Waals surface area (Å²) >= 11 is 3.58. The molecule has 0 spiro atoms. The molecule has 1 aliphatic carbocycles. The number of halogens is 1. The van der Waals surface area contributed by atoms with Crippen LogP contribution in [0.1, 0.15) is 51.1 Å². The lowest BCUT2D eigenvalue weighted by Gasteiger charge is -2.28. The fourth-order valence-electron chi connectivity index (χ4n) is 2.36. The van der Waals surface area contributed by atoms with Gasteiger partial charge in [0.15, 0.2) is 0 Å². The Labute approximate surface area is 119 Å². The smallest absolute Gasteiger partial charge is 0.0428 e. The molecule has 3 heteroatoms. The summed E-state index contributed by atoms with van der Waals surface area (Å²) in [6.45, 7) is 5.47. The number of nitrogens with zero attached hydrogens (tertiary/aromatic N) is 1. The summed E-state index contributed by atoms with van der Waals surface area (Å²) in [5, 5.41) is 0. The molecule has 1 aromatic rings. The summed E-state index contributed by atoms with van der Waals surface area (Å²) in [6, 6.07) is 7.31. The molecule has 2 N–H and O–H groups in total. The Morgan fingerprint density at radius 2 is 2.17 bits per heavy atom. The Morgan fingerprint density at radius 3 is 2.72 bits per heavy atom. The van der Waals surface area contributed by atoms with Gasteiger partial charge in [0, 0.05) is 28.8 Å². The Hall–Kier alpha value is -0.540. The van der Waals surface area contributed by atoms with Crippen LogP contribution in [0.15, 0.2) is 22.7 Å². The Morgan fingerprint density at radius 1 is 1.44 bits per heavy atom. The van der Waals surface area contributed by atoms with E-state index in [9.17, 15) is 0 Å². The molecule has 1 saturated carbocycles. The molecule has 2 nitrogen and oxygen atoms in total. The van der Waals surface area contributed by atoms with Gasteiger partial charge in [0.25, 0.3) is 0 Å². The highest BCUT2D eigenvalue weighted by atomic mass is 79.9. The second kappa shape index (κ2) is 6.07. The van der Waals surface area contributed by atoms with Gasteiger partial charge in [-0.25, -0.2) is 0 Å². The van der Waals surface area contributed by atoms with E-state index in [1.54, 1.807) is 0 Å². The summed E-state index contributed by atoms with van der Waals surface area (Å²) in [4.78, 5) is 2.56. The van der Waals surface area contributed by atoms with Gasteiger partial charge in [0.05, 0.1) is 0 Å². The highest BCUT2D eigenvalue weighted by Crippen LogP contribution is 2.36. The fraction of sp³-hybridized carbons (Fsp3) is 0.600. The normalized spacial score (nSPS) is 16.7. The van der Waals surface area contributed by atoms with E-state index < -0.39 is 0 Å². The van der Waals surface area contributed by atoms with Gasteiger partial charge in [-0.05, 0) is 43.9 Å². The zero-order valence-electron chi connectivity index (χ0n) is 11.3. The van der Waals surface area contributed by atoms with E-state index in [0.29, 0.717) is 0 Å². The van der Waals surface area contributed by atoms with Crippen molar-refractivity contribution >= 4 is 21.6 Å². The standard InChI is InChI=1S/C15H23BrN2/c1-3-4-9-18(13-6-7-13)15-10-12(16)5-8-14(15)11(2)17/h5,8,10-11,13H,3-4,6-7,9,17H2,1-2H3. The molecule has 0 aliphatic heterocycles. The van der Waals surface area contributed by atoms with Crippen LogP contribution < -0.4 is 10.6 Å².